The van der Waals surface area contributed by atoms with Gasteiger partial charge in [0.1, 0.15) is 24.4 Å². The van der Waals surface area contributed by atoms with Crippen LogP contribution in [0.1, 0.15) is 11.7 Å². The van der Waals surface area contributed by atoms with Crippen molar-refractivity contribution in [3.8, 4) is 0 Å². The summed E-state index contributed by atoms with van der Waals surface area (Å²) < 4.78 is 40.3. The number of nitrogens with one attached hydrogen (secondary N) is 1. The van der Waals surface area contributed by atoms with E-state index >= 15 is 0 Å². The van der Waals surface area contributed by atoms with Crippen molar-refractivity contribution in [3.63, 3.8) is 0 Å². The summed E-state index contributed by atoms with van der Waals surface area (Å²) >= 11 is 4.42. The first kappa shape index (κ1) is 25.6. The minimum Gasteiger partial charge on any atom is -0.387 e. The van der Waals surface area contributed by atoms with Gasteiger partial charge in [0, 0.05) is 13.2 Å². The monoisotopic (exact) mass is 514 g/mol. The number of aromatic nitrogens is 2. The number of rotatable bonds is 8. The Bertz CT molecular complexity index is 1050. The molecular formula is C10H17N2O14P3S. The lowest BCUT2D eigenvalue weighted by atomic mass is 10.0. The first-order chi connectivity index (χ1) is 13.5. The molecule has 6 atom stereocenters. The van der Waals surface area contributed by atoms with Gasteiger partial charge in [0.15, 0.2) is 0 Å². The Morgan fingerprint density at radius 3 is 2.33 bits per heavy atom. The van der Waals surface area contributed by atoms with Crippen molar-refractivity contribution in [2.24, 2.45) is 7.05 Å². The molecule has 0 spiro atoms. The van der Waals surface area contributed by atoms with Crippen molar-refractivity contribution >= 4 is 34.2 Å². The molecule has 1 aliphatic rings. The highest BCUT2D eigenvalue weighted by Crippen LogP contribution is 2.66. The first-order valence-electron chi connectivity index (χ1n) is 7.61. The SMILES string of the molecule is Cn1c(=O)[nH]cc([C@@H]2O[C@H](COP(O)(=S)OP(=O)(O)OP(=O)(O)O)C(O)[C@@H]2O)c1=O. The van der Waals surface area contributed by atoms with Crippen molar-refractivity contribution < 1.29 is 56.8 Å². The lowest BCUT2D eigenvalue weighted by molar-refractivity contribution is -0.0198. The Balaban J connectivity index is 2.09. The molecule has 16 nitrogen and oxygen atoms in total. The fraction of sp³-hybridized carbons (Fsp3) is 0.600. The molecule has 1 aromatic rings. The number of aliphatic hydroxyl groups is 2. The van der Waals surface area contributed by atoms with E-state index in [2.05, 4.69) is 25.4 Å². The van der Waals surface area contributed by atoms with Gasteiger partial charge in [-0.25, -0.2) is 18.2 Å². The van der Waals surface area contributed by atoms with Crippen LogP contribution in [0, 0.1) is 0 Å². The van der Waals surface area contributed by atoms with Gasteiger partial charge in [-0.1, -0.05) is 0 Å². The largest absolute Gasteiger partial charge is 0.488 e. The van der Waals surface area contributed by atoms with Crippen LogP contribution in [0.4, 0.5) is 0 Å². The van der Waals surface area contributed by atoms with E-state index in [1.165, 1.54) is 0 Å². The number of hydrogen-bond acceptors (Lipinski definition) is 11. The van der Waals surface area contributed by atoms with E-state index in [1.54, 1.807) is 0 Å². The molecule has 30 heavy (non-hydrogen) atoms. The lowest BCUT2D eigenvalue weighted by Gasteiger charge is -2.21. The quantitative estimate of drug-likeness (QED) is 0.180. The standard InChI is InChI=1S/C10H17N2O14P3S/c1-12-9(15)4(2-11-10(12)16)8-7(14)6(13)5(24-8)3-23-29(22,30)26-28(20,21)25-27(17,18)19/h2,5-8,13-14H,3H2,1H3,(H,11,16)(H,20,21)(H,22,30)(H2,17,18,19)/t5-,6?,7+,8+,29?/m1/s1. The topological polar surface area (TPSA) is 247 Å². The van der Waals surface area contributed by atoms with Crippen molar-refractivity contribution in [1.29, 1.82) is 0 Å². The smallest absolute Gasteiger partial charge is 0.387 e. The summed E-state index contributed by atoms with van der Waals surface area (Å²) in [5.41, 5.74) is -1.76. The van der Waals surface area contributed by atoms with E-state index in [0.717, 1.165) is 13.2 Å². The van der Waals surface area contributed by atoms with E-state index in [0.29, 0.717) is 4.57 Å². The average Bonchev–Trinajstić information content (AvgIpc) is 2.83. The van der Waals surface area contributed by atoms with E-state index in [-0.39, 0.29) is 5.56 Å². The molecule has 0 aliphatic carbocycles. The van der Waals surface area contributed by atoms with Crippen LogP contribution in [0.3, 0.4) is 0 Å². The Hall–Kier alpha value is -0.610. The maximum Gasteiger partial charge on any atom is 0.488 e. The van der Waals surface area contributed by atoms with Crippen LogP contribution in [-0.2, 0) is 45.9 Å². The maximum atomic E-state index is 12.2. The summed E-state index contributed by atoms with van der Waals surface area (Å²) in [6, 6.07) is 0. The van der Waals surface area contributed by atoms with Gasteiger partial charge in [0.2, 0.25) is 0 Å². The summed E-state index contributed by atoms with van der Waals surface area (Å²) in [6.07, 6.45) is -5.22. The van der Waals surface area contributed by atoms with Gasteiger partial charge in [-0.15, -0.1) is 0 Å². The van der Waals surface area contributed by atoms with Gasteiger partial charge in [0.25, 0.3) is 5.56 Å². The van der Waals surface area contributed by atoms with Crippen LogP contribution < -0.4 is 11.2 Å². The zero-order chi connectivity index (χ0) is 23.1. The Kier molecular flexibility index (Phi) is 7.78. The zero-order valence-corrected chi connectivity index (χ0v) is 18.2. The van der Waals surface area contributed by atoms with Gasteiger partial charge in [-0.05, 0) is 11.8 Å². The van der Waals surface area contributed by atoms with Crippen molar-refractivity contribution in [3.05, 3.63) is 32.6 Å². The second-order valence-electron chi connectivity index (χ2n) is 5.88. The number of hydrogen-bond donors (Lipinski definition) is 7. The highest BCUT2D eigenvalue weighted by Gasteiger charge is 2.46. The highest BCUT2D eigenvalue weighted by molar-refractivity contribution is 8.08. The van der Waals surface area contributed by atoms with Gasteiger partial charge in [0.05, 0.1) is 12.2 Å². The van der Waals surface area contributed by atoms with E-state index < -0.39 is 64.6 Å². The third-order valence-electron chi connectivity index (χ3n) is 3.69. The zero-order valence-electron chi connectivity index (χ0n) is 14.7. The van der Waals surface area contributed by atoms with Gasteiger partial charge >= 0.3 is 28.1 Å². The van der Waals surface area contributed by atoms with E-state index in [1.807, 2.05) is 0 Å². The molecule has 0 bridgehead atoms. The number of phosphoric acid groups is 2. The summed E-state index contributed by atoms with van der Waals surface area (Å²) in [7, 11) is -9.84. The molecule has 20 heteroatoms. The fourth-order valence-electron chi connectivity index (χ4n) is 2.40. The Morgan fingerprint density at radius 1 is 1.17 bits per heavy atom. The summed E-state index contributed by atoms with van der Waals surface area (Å²) in [4.78, 5) is 61.8. The van der Waals surface area contributed by atoms with E-state index in [4.69, 9.17) is 19.0 Å². The minimum absolute atomic E-state index is 0.208. The molecule has 1 aliphatic heterocycles. The van der Waals surface area contributed by atoms with Crippen LogP contribution in [0.2, 0.25) is 0 Å². The third kappa shape index (κ3) is 6.45. The minimum atomic E-state index is -5.52. The molecular weight excluding hydrogens is 497 g/mol. The second kappa shape index (κ2) is 9.10. The molecule has 1 fully saturated rings. The summed E-state index contributed by atoms with van der Waals surface area (Å²) in [5, 5.41) is 20.2. The molecule has 0 amide bonds. The summed E-state index contributed by atoms with van der Waals surface area (Å²) in [6.45, 7) is -5.48. The van der Waals surface area contributed by atoms with E-state index in [9.17, 15) is 38.7 Å². The second-order valence-corrected chi connectivity index (χ2v) is 11.7. The number of ether oxygens (including phenoxy) is 1. The molecule has 1 saturated heterocycles. The molecule has 0 radical (unpaired) electrons. The van der Waals surface area contributed by atoms with Gasteiger partial charge in [-0.3, -0.25) is 9.36 Å². The maximum absolute atomic E-state index is 12.2. The van der Waals surface area contributed by atoms with Crippen LogP contribution >= 0.6 is 22.4 Å². The number of H-pyrrole nitrogens is 1. The molecule has 2 heterocycles. The molecule has 2 rings (SSSR count). The molecule has 0 saturated carbocycles. The number of nitrogens with zero attached hydrogens (tertiary/aromatic N) is 1. The van der Waals surface area contributed by atoms with Crippen LogP contribution in [-0.4, -0.2) is 64.3 Å². The molecule has 172 valence electrons. The highest BCUT2D eigenvalue weighted by atomic mass is 32.5. The van der Waals surface area contributed by atoms with Crippen LogP contribution in [0.5, 0.6) is 0 Å². The predicted molar refractivity (Wildman–Crippen MR) is 98.4 cm³/mol. The Morgan fingerprint density at radius 2 is 1.77 bits per heavy atom. The normalized spacial score (nSPS) is 28.8. The van der Waals surface area contributed by atoms with Crippen molar-refractivity contribution in [2.45, 2.75) is 24.4 Å². The molecule has 7 N–H and O–H groups in total. The number of aromatic amines is 1. The van der Waals surface area contributed by atoms with Gasteiger partial charge < -0.3 is 44.0 Å². The first-order valence-corrected chi connectivity index (χ1v) is 13.2. The fourth-order valence-corrected chi connectivity index (χ4v) is 6.37. The third-order valence-corrected chi connectivity index (χ3v) is 8.41. The van der Waals surface area contributed by atoms with Crippen LogP contribution in [0.15, 0.2) is 15.8 Å². The molecule has 1 aromatic heterocycles. The van der Waals surface area contributed by atoms with Crippen molar-refractivity contribution in [1.82, 2.24) is 9.55 Å². The average molecular weight is 514 g/mol. The lowest BCUT2D eigenvalue weighted by Crippen LogP contribution is -2.37. The van der Waals surface area contributed by atoms with Crippen LogP contribution in [0.25, 0.3) is 0 Å². The molecule has 0 aromatic carbocycles. The van der Waals surface area contributed by atoms with Gasteiger partial charge in [-0.2, -0.15) is 4.31 Å². The molecule has 3 unspecified atom stereocenters. The Labute approximate surface area is 171 Å². The summed E-state index contributed by atoms with van der Waals surface area (Å²) in [5.74, 6) is 0. The number of aliphatic hydroxyl groups excluding tert-OH is 2. The van der Waals surface area contributed by atoms with Crippen molar-refractivity contribution in [2.75, 3.05) is 6.61 Å². The predicted octanol–water partition coefficient (Wildman–Crippen LogP) is -2.31.